The van der Waals surface area contributed by atoms with Crippen molar-refractivity contribution < 1.29 is 17.6 Å². The van der Waals surface area contributed by atoms with Gasteiger partial charge in [0.05, 0.1) is 4.90 Å². The average Bonchev–Trinajstić information content (AvgIpc) is 2.70. The van der Waals surface area contributed by atoms with Crippen molar-refractivity contribution in [3.63, 3.8) is 0 Å². The summed E-state index contributed by atoms with van der Waals surface area (Å²) in [4.78, 5) is 14.8. The van der Waals surface area contributed by atoms with Gasteiger partial charge in [0.25, 0.3) is 5.91 Å². The molecule has 0 aliphatic carbocycles. The molecule has 1 aliphatic heterocycles. The van der Waals surface area contributed by atoms with E-state index in [1.165, 1.54) is 34.6 Å². The van der Waals surface area contributed by atoms with Gasteiger partial charge in [-0.1, -0.05) is 19.1 Å². The lowest BCUT2D eigenvalue weighted by Gasteiger charge is -2.33. The second kappa shape index (κ2) is 8.38. The first-order valence-electron chi connectivity index (χ1n) is 9.21. The molecule has 1 N–H and O–H groups in total. The smallest absolute Gasteiger partial charge is 0.256 e. The minimum absolute atomic E-state index is 0.131. The molecule has 1 amide bonds. The number of rotatable bonds is 5. The predicted octanol–water partition coefficient (Wildman–Crippen LogP) is 2.71. The Balaban J connectivity index is 1.78. The minimum atomic E-state index is -3.64. The van der Waals surface area contributed by atoms with Crippen molar-refractivity contribution in [3.8, 4) is 0 Å². The van der Waals surface area contributed by atoms with Crippen molar-refractivity contribution in [2.24, 2.45) is 0 Å². The van der Waals surface area contributed by atoms with Gasteiger partial charge < -0.3 is 10.2 Å². The molecule has 2 aromatic carbocycles. The first-order chi connectivity index (χ1) is 13.3. The number of anilines is 1. The molecule has 0 radical (unpaired) electrons. The van der Waals surface area contributed by atoms with Crippen LogP contribution in [0.5, 0.6) is 0 Å². The molecule has 0 unspecified atom stereocenters. The second-order valence-corrected chi connectivity index (χ2v) is 8.72. The third-order valence-corrected chi connectivity index (χ3v) is 6.85. The van der Waals surface area contributed by atoms with Crippen molar-refractivity contribution in [3.05, 3.63) is 59.4 Å². The Kier molecular flexibility index (Phi) is 6.12. The molecular formula is C20H24FN3O3S. The van der Waals surface area contributed by atoms with Crippen molar-refractivity contribution in [1.29, 1.82) is 0 Å². The lowest BCUT2D eigenvalue weighted by Crippen LogP contribution is -2.48. The maximum atomic E-state index is 13.5. The van der Waals surface area contributed by atoms with E-state index in [0.29, 0.717) is 37.4 Å². The van der Waals surface area contributed by atoms with Crippen LogP contribution in [0.3, 0.4) is 0 Å². The Hall–Kier alpha value is -2.29. The zero-order valence-electron chi connectivity index (χ0n) is 16.0. The van der Waals surface area contributed by atoms with E-state index in [1.807, 2.05) is 0 Å². The van der Waals surface area contributed by atoms with Crippen LogP contribution >= 0.6 is 0 Å². The highest BCUT2D eigenvalue weighted by atomic mass is 32.2. The number of benzene rings is 2. The second-order valence-electron chi connectivity index (χ2n) is 6.78. The Labute approximate surface area is 165 Å². The monoisotopic (exact) mass is 405 g/mol. The van der Waals surface area contributed by atoms with Crippen molar-refractivity contribution in [1.82, 2.24) is 9.21 Å². The van der Waals surface area contributed by atoms with Gasteiger partial charge in [0.2, 0.25) is 10.0 Å². The third kappa shape index (κ3) is 4.40. The van der Waals surface area contributed by atoms with E-state index in [0.717, 1.165) is 6.54 Å². The Morgan fingerprint density at radius 1 is 1.11 bits per heavy atom. The lowest BCUT2D eigenvalue weighted by molar-refractivity contribution is 0.102. The quantitative estimate of drug-likeness (QED) is 0.831. The summed E-state index contributed by atoms with van der Waals surface area (Å²) in [5.41, 5.74) is 1.20. The molecule has 1 saturated heterocycles. The van der Waals surface area contributed by atoms with Gasteiger partial charge in [0.1, 0.15) is 5.82 Å². The molecule has 1 fully saturated rings. The van der Waals surface area contributed by atoms with Crippen LogP contribution in [-0.2, 0) is 10.0 Å². The van der Waals surface area contributed by atoms with Gasteiger partial charge in [-0.3, -0.25) is 4.79 Å². The summed E-state index contributed by atoms with van der Waals surface area (Å²) in [6.07, 6.45) is 0. The predicted molar refractivity (Wildman–Crippen MR) is 106 cm³/mol. The number of piperazine rings is 1. The van der Waals surface area contributed by atoms with Crippen LogP contribution in [0.25, 0.3) is 0 Å². The van der Waals surface area contributed by atoms with Gasteiger partial charge in [0.15, 0.2) is 0 Å². The third-order valence-electron chi connectivity index (χ3n) is 4.95. The molecule has 0 saturated carbocycles. The summed E-state index contributed by atoms with van der Waals surface area (Å²) >= 11 is 0. The highest BCUT2D eigenvalue weighted by Crippen LogP contribution is 2.22. The van der Waals surface area contributed by atoms with Gasteiger partial charge in [-0.2, -0.15) is 4.31 Å². The largest absolute Gasteiger partial charge is 0.322 e. The number of nitrogens with zero attached hydrogens (tertiary/aromatic N) is 2. The zero-order chi connectivity index (χ0) is 20.3. The van der Waals surface area contributed by atoms with Crippen molar-refractivity contribution in [2.75, 3.05) is 38.0 Å². The van der Waals surface area contributed by atoms with E-state index in [-0.39, 0.29) is 10.5 Å². The molecule has 0 spiro atoms. The summed E-state index contributed by atoms with van der Waals surface area (Å²) in [5.74, 6) is -0.985. The van der Waals surface area contributed by atoms with Gasteiger partial charge in [-0.15, -0.1) is 0 Å². The van der Waals surface area contributed by atoms with Gasteiger partial charge in [-0.25, -0.2) is 12.8 Å². The van der Waals surface area contributed by atoms with Crippen LogP contribution in [0.4, 0.5) is 10.1 Å². The summed E-state index contributed by atoms with van der Waals surface area (Å²) in [5, 5.41) is 2.66. The fourth-order valence-corrected chi connectivity index (χ4v) is 4.68. The first-order valence-corrected chi connectivity index (χ1v) is 10.7. The molecule has 2 aromatic rings. The first kappa shape index (κ1) is 20.4. The van der Waals surface area contributed by atoms with E-state index < -0.39 is 21.7 Å². The van der Waals surface area contributed by atoms with Crippen LogP contribution in [0.1, 0.15) is 22.8 Å². The van der Waals surface area contributed by atoms with Gasteiger partial charge in [-0.05, 0) is 49.4 Å². The van der Waals surface area contributed by atoms with Crippen molar-refractivity contribution in [2.45, 2.75) is 18.7 Å². The molecule has 6 nitrogen and oxygen atoms in total. The topological polar surface area (TPSA) is 69.7 Å². The maximum absolute atomic E-state index is 13.5. The Morgan fingerprint density at radius 3 is 2.50 bits per heavy atom. The number of amides is 1. The molecule has 3 rings (SSSR count). The SMILES string of the molecule is CCN1CCN(S(=O)(=O)c2cccc(NC(=O)c3cc(F)ccc3C)c2)CC1. The molecular weight excluding hydrogens is 381 g/mol. The summed E-state index contributed by atoms with van der Waals surface area (Å²) in [6.45, 7) is 6.94. The maximum Gasteiger partial charge on any atom is 0.256 e. The van der Waals surface area contributed by atoms with E-state index >= 15 is 0 Å². The Morgan fingerprint density at radius 2 is 1.82 bits per heavy atom. The number of carbonyl (C=O) groups excluding carboxylic acids is 1. The van der Waals surface area contributed by atoms with Crippen LogP contribution in [0.15, 0.2) is 47.4 Å². The fraction of sp³-hybridized carbons (Fsp3) is 0.350. The molecule has 0 atom stereocenters. The van der Waals surface area contributed by atoms with Gasteiger partial charge >= 0.3 is 0 Å². The molecule has 0 bridgehead atoms. The number of sulfonamides is 1. The molecule has 8 heteroatoms. The molecule has 1 heterocycles. The molecule has 150 valence electrons. The summed E-state index contributed by atoms with van der Waals surface area (Å²) in [7, 11) is -3.64. The molecule has 1 aliphatic rings. The standard InChI is InChI=1S/C20H24FN3O3S/c1-3-23-9-11-24(12-10-23)28(26,27)18-6-4-5-17(14-18)22-20(25)19-13-16(21)8-7-15(19)2/h4-8,13-14H,3,9-12H2,1-2H3,(H,22,25). The normalized spacial score (nSPS) is 16.1. The number of halogens is 1. The summed E-state index contributed by atoms with van der Waals surface area (Å²) in [6, 6.07) is 10.1. The van der Waals surface area contributed by atoms with Crippen LogP contribution in [0, 0.1) is 12.7 Å². The van der Waals surface area contributed by atoms with Crippen LogP contribution < -0.4 is 5.32 Å². The number of hydrogen-bond donors (Lipinski definition) is 1. The van der Waals surface area contributed by atoms with Gasteiger partial charge in [0, 0.05) is 37.4 Å². The number of carbonyl (C=O) groups is 1. The van der Waals surface area contributed by atoms with E-state index in [1.54, 1.807) is 19.1 Å². The fourth-order valence-electron chi connectivity index (χ4n) is 3.21. The summed E-state index contributed by atoms with van der Waals surface area (Å²) < 4.78 is 40.8. The highest BCUT2D eigenvalue weighted by molar-refractivity contribution is 7.89. The minimum Gasteiger partial charge on any atom is -0.322 e. The molecule has 0 aromatic heterocycles. The Bertz CT molecular complexity index is 970. The average molecular weight is 405 g/mol. The van der Waals surface area contributed by atoms with Crippen LogP contribution in [-0.4, -0.2) is 56.3 Å². The van der Waals surface area contributed by atoms with E-state index in [2.05, 4.69) is 17.1 Å². The van der Waals surface area contributed by atoms with E-state index in [9.17, 15) is 17.6 Å². The number of likely N-dealkylation sites (N-methyl/N-ethyl adjacent to an activating group) is 1. The number of aryl methyl sites for hydroxylation is 1. The van der Waals surface area contributed by atoms with Crippen LogP contribution in [0.2, 0.25) is 0 Å². The number of hydrogen-bond acceptors (Lipinski definition) is 4. The molecule has 28 heavy (non-hydrogen) atoms. The van der Waals surface area contributed by atoms with Crippen molar-refractivity contribution >= 4 is 21.6 Å². The zero-order valence-corrected chi connectivity index (χ0v) is 16.8. The number of nitrogens with one attached hydrogen (secondary N) is 1. The lowest BCUT2D eigenvalue weighted by atomic mass is 10.1. The highest BCUT2D eigenvalue weighted by Gasteiger charge is 2.28. The van der Waals surface area contributed by atoms with E-state index in [4.69, 9.17) is 0 Å².